The maximum Gasteiger partial charge on any atom is 0.318 e. The highest BCUT2D eigenvalue weighted by Crippen LogP contribution is 2.04. The average molecular weight is 174 g/mol. The molecule has 0 heterocycles. The molecule has 0 unspecified atom stereocenters. The van der Waals surface area contributed by atoms with Gasteiger partial charge in [0.1, 0.15) is 0 Å². The number of rotatable bonds is 5. The van der Waals surface area contributed by atoms with Gasteiger partial charge in [0, 0.05) is 0 Å². The van der Waals surface area contributed by atoms with Crippen LogP contribution in [0.15, 0.2) is 12.2 Å². The average Bonchev–Trinajstić information content (AvgIpc) is 1.96. The molecule has 68 valence electrons. The quantitative estimate of drug-likeness (QED) is 0.393. The van der Waals surface area contributed by atoms with E-state index in [1.54, 1.807) is 0 Å². The van der Waals surface area contributed by atoms with Crippen LogP contribution in [0.25, 0.3) is 0 Å². The third kappa shape index (κ3) is 3.72. The Morgan fingerprint density at radius 1 is 1.17 bits per heavy atom. The van der Waals surface area contributed by atoms with Gasteiger partial charge in [0.05, 0.1) is 6.61 Å². The first kappa shape index (κ1) is 10.6. The third-order valence-corrected chi connectivity index (χ3v) is 1.24. The molecule has 0 rings (SSSR count). The van der Waals surface area contributed by atoms with E-state index in [0.717, 1.165) is 0 Å². The topological polar surface area (TPSA) is 94.8 Å². The Labute approximate surface area is 68.9 Å². The summed E-state index contributed by atoms with van der Waals surface area (Å²) < 4.78 is 0. The fraction of sp³-hybridized carbons (Fsp3) is 0.429. The molecule has 0 aliphatic heterocycles. The van der Waals surface area contributed by atoms with E-state index in [2.05, 4.69) is 0 Å². The van der Waals surface area contributed by atoms with Crippen LogP contribution in [0.1, 0.15) is 6.42 Å². The molecule has 5 nitrogen and oxygen atoms in total. The summed E-state index contributed by atoms with van der Waals surface area (Å²) in [4.78, 5) is 20.5. The second-order valence-corrected chi connectivity index (χ2v) is 2.12. The normalized spacial score (nSPS) is 10.8. The predicted molar refractivity (Wildman–Crippen MR) is 39.6 cm³/mol. The summed E-state index contributed by atoms with van der Waals surface area (Å²) in [6, 6.07) is 0. The van der Waals surface area contributed by atoms with Crippen molar-refractivity contribution in [2.75, 3.05) is 6.61 Å². The van der Waals surface area contributed by atoms with Crippen LogP contribution in [-0.4, -0.2) is 33.9 Å². The van der Waals surface area contributed by atoms with Crippen LogP contribution in [0, 0.1) is 5.92 Å². The summed E-state index contributed by atoms with van der Waals surface area (Å²) in [6.45, 7) is -0.216. The molecular weight excluding hydrogens is 164 g/mol. The number of allylic oxidation sites excluding steroid dienone is 1. The molecule has 0 aromatic carbocycles. The number of hydrogen-bond donors (Lipinski definition) is 3. The number of aliphatic carboxylic acids is 2. The monoisotopic (exact) mass is 174 g/mol. The Kier molecular flexibility index (Phi) is 4.71. The van der Waals surface area contributed by atoms with Gasteiger partial charge in [-0.3, -0.25) is 9.59 Å². The van der Waals surface area contributed by atoms with Gasteiger partial charge in [-0.05, 0) is 6.42 Å². The lowest BCUT2D eigenvalue weighted by Crippen LogP contribution is -2.22. The van der Waals surface area contributed by atoms with Crippen LogP contribution >= 0.6 is 0 Å². The number of carbonyl (C=O) groups is 2. The molecule has 0 saturated carbocycles. The van der Waals surface area contributed by atoms with Gasteiger partial charge in [-0.1, -0.05) is 12.2 Å². The van der Waals surface area contributed by atoms with Gasteiger partial charge in [-0.15, -0.1) is 0 Å². The van der Waals surface area contributed by atoms with Crippen LogP contribution in [0.4, 0.5) is 0 Å². The minimum Gasteiger partial charge on any atom is -0.481 e. The number of hydrogen-bond acceptors (Lipinski definition) is 3. The second-order valence-electron chi connectivity index (χ2n) is 2.12. The molecule has 0 aromatic rings. The summed E-state index contributed by atoms with van der Waals surface area (Å²) in [5.41, 5.74) is 0. The molecule has 0 aliphatic carbocycles. The summed E-state index contributed by atoms with van der Waals surface area (Å²) in [5.74, 6) is -4.16. The Hall–Kier alpha value is -1.36. The van der Waals surface area contributed by atoms with Gasteiger partial charge in [-0.2, -0.15) is 0 Å². The molecule has 0 aliphatic rings. The predicted octanol–water partition coefficient (Wildman–Crippen LogP) is -0.290. The molecule has 0 atom stereocenters. The maximum absolute atomic E-state index is 10.3. The van der Waals surface area contributed by atoms with E-state index in [0.29, 0.717) is 0 Å². The van der Waals surface area contributed by atoms with E-state index in [9.17, 15) is 9.59 Å². The summed E-state index contributed by atoms with van der Waals surface area (Å²) in [5, 5.41) is 25.0. The lowest BCUT2D eigenvalue weighted by atomic mass is 10.1. The van der Waals surface area contributed by atoms with E-state index in [4.69, 9.17) is 15.3 Å². The van der Waals surface area contributed by atoms with Gasteiger partial charge < -0.3 is 15.3 Å². The smallest absolute Gasteiger partial charge is 0.318 e. The third-order valence-electron chi connectivity index (χ3n) is 1.24. The first-order valence-electron chi connectivity index (χ1n) is 3.31. The highest BCUT2D eigenvalue weighted by Gasteiger charge is 2.23. The first-order chi connectivity index (χ1) is 5.59. The van der Waals surface area contributed by atoms with Crippen LogP contribution in [0.3, 0.4) is 0 Å². The number of aliphatic hydroxyl groups is 1. The summed E-state index contributed by atoms with van der Waals surface area (Å²) in [6.07, 6.45) is 2.52. The van der Waals surface area contributed by atoms with Crippen molar-refractivity contribution in [3.05, 3.63) is 12.2 Å². The molecule has 0 radical (unpaired) electrons. The zero-order valence-electron chi connectivity index (χ0n) is 6.30. The van der Waals surface area contributed by atoms with Crippen molar-refractivity contribution < 1.29 is 24.9 Å². The van der Waals surface area contributed by atoms with Crippen LogP contribution in [0.5, 0.6) is 0 Å². The fourth-order valence-corrected chi connectivity index (χ4v) is 0.614. The minimum absolute atomic E-state index is 0.106. The van der Waals surface area contributed by atoms with Gasteiger partial charge in [0.2, 0.25) is 0 Å². The molecule has 0 aromatic heterocycles. The Morgan fingerprint density at radius 2 is 1.67 bits per heavy atom. The van der Waals surface area contributed by atoms with Crippen molar-refractivity contribution in [2.45, 2.75) is 6.42 Å². The molecule has 3 N–H and O–H groups in total. The standard InChI is InChI=1S/C7H10O5/c8-4-2-1-3-5(6(9)10)7(11)12/h1-2,5,8H,3-4H2,(H,9,10)(H,11,12). The van der Waals surface area contributed by atoms with E-state index in [1.165, 1.54) is 12.2 Å². The molecule has 12 heavy (non-hydrogen) atoms. The minimum atomic E-state index is -1.42. The van der Waals surface area contributed by atoms with Gasteiger partial charge >= 0.3 is 11.9 Å². The van der Waals surface area contributed by atoms with Crippen molar-refractivity contribution in [1.82, 2.24) is 0 Å². The van der Waals surface area contributed by atoms with Gasteiger partial charge in [0.25, 0.3) is 0 Å². The van der Waals surface area contributed by atoms with Crippen molar-refractivity contribution in [3.63, 3.8) is 0 Å². The maximum atomic E-state index is 10.3. The SMILES string of the molecule is O=C(O)C(CC=CCO)C(=O)O. The highest BCUT2D eigenvalue weighted by atomic mass is 16.4. The number of carboxylic acids is 2. The van der Waals surface area contributed by atoms with Crippen LogP contribution in [0.2, 0.25) is 0 Å². The zero-order valence-corrected chi connectivity index (χ0v) is 6.30. The lowest BCUT2D eigenvalue weighted by Gasteiger charge is -2.01. The van der Waals surface area contributed by atoms with E-state index >= 15 is 0 Å². The highest BCUT2D eigenvalue weighted by molar-refractivity contribution is 5.92. The van der Waals surface area contributed by atoms with Gasteiger partial charge in [0.15, 0.2) is 5.92 Å². The summed E-state index contributed by atoms with van der Waals surface area (Å²) >= 11 is 0. The Morgan fingerprint density at radius 3 is 2.00 bits per heavy atom. The Bertz CT molecular complexity index is 182. The van der Waals surface area contributed by atoms with Crippen molar-refractivity contribution in [3.8, 4) is 0 Å². The van der Waals surface area contributed by atoms with E-state index < -0.39 is 17.9 Å². The molecule has 0 amide bonds. The molecule has 0 spiro atoms. The first-order valence-corrected chi connectivity index (χ1v) is 3.31. The molecule has 0 saturated heterocycles. The second kappa shape index (κ2) is 5.31. The van der Waals surface area contributed by atoms with Crippen LogP contribution in [-0.2, 0) is 9.59 Å². The largest absolute Gasteiger partial charge is 0.481 e. The Balaban J connectivity index is 4.06. The fourth-order valence-electron chi connectivity index (χ4n) is 0.614. The van der Waals surface area contributed by atoms with Crippen LogP contribution < -0.4 is 0 Å². The molecule has 0 bridgehead atoms. The molecular formula is C7H10O5. The van der Waals surface area contributed by atoms with E-state index in [-0.39, 0.29) is 13.0 Å². The van der Waals surface area contributed by atoms with Crippen molar-refractivity contribution >= 4 is 11.9 Å². The molecule has 5 heteroatoms. The van der Waals surface area contributed by atoms with Crippen molar-refractivity contribution in [2.24, 2.45) is 5.92 Å². The molecule has 0 fully saturated rings. The summed E-state index contributed by atoms with van der Waals surface area (Å²) in [7, 11) is 0. The van der Waals surface area contributed by atoms with Gasteiger partial charge in [-0.25, -0.2) is 0 Å². The number of aliphatic hydroxyl groups excluding tert-OH is 1. The lowest BCUT2D eigenvalue weighted by molar-refractivity contribution is -0.154. The van der Waals surface area contributed by atoms with E-state index in [1.807, 2.05) is 0 Å². The van der Waals surface area contributed by atoms with Crippen molar-refractivity contribution in [1.29, 1.82) is 0 Å². The number of carboxylic acid groups (broad SMARTS) is 2. The zero-order chi connectivity index (χ0) is 9.56.